The number of fused-ring (bicyclic) bond motifs is 1. The summed E-state index contributed by atoms with van der Waals surface area (Å²) < 4.78 is 6.04. The number of rotatable bonds is 5. The summed E-state index contributed by atoms with van der Waals surface area (Å²) in [5.74, 6) is 0.982. The fraction of sp³-hybridized carbons (Fsp3) is 0.667. The van der Waals surface area contributed by atoms with Crippen molar-refractivity contribution in [1.82, 2.24) is 5.32 Å². The van der Waals surface area contributed by atoms with Gasteiger partial charge in [0.2, 0.25) is 0 Å². The van der Waals surface area contributed by atoms with E-state index in [0.29, 0.717) is 12.6 Å². The molecule has 116 valence electrons. The molecule has 3 heteroatoms. The molecular formula is C18H27NO2. The summed E-state index contributed by atoms with van der Waals surface area (Å²) in [6, 6.07) is 6.82. The Morgan fingerprint density at radius 2 is 2.10 bits per heavy atom. The first-order valence-electron chi connectivity index (χ1n) is 8.42. The number of benzene rings is 1. The Labute approximate surface area is 127 Å². The van der Waals surface area contributed by atoms with Gasteiger partial charge in [-0.1, -0.05) is 31.9 Å². The summed E-state index contributed by atoms with van der Waals surface area (Å²) in [6.07, 6.45) is 7.49. The van der Waals surface area contributed by atoms with Gasteiger partial charge in [-0.05, 0) is 55.8 Å². The Balaban J connectivity index is 1.75. The maximum Gasteiger partial charge on any atom is 0.122 e. The predicted molar refractivity (Wildman–Crippen MR) is 84.7 cm³/mol. The fourth-order valence-electron chi connectivity index (χ4n) is 3.80. The molecule has 2 N–H and O–H groups in total. The van der Waals surface area contributed by atoms with Crippen LogP contribution >= 0.6 is 0 Å². The number of hydrogen-bond acceptors (Lipinski definition) is 3. The molecule has 1 atom stereocenters. The molecule has 2 aliphatic rings. The minimum atomic E-state index is -0.599. The van der Waals surface area contributed by atoms with Crippen molar-refractivity contribution in [3.05, 3.63) is 29.3 Å². The van der Waals surface area contributed by atoms with Crippen molar-refractivity contribution in [3.63, 3.8) is 0 Å². The zero-order valence-electron chi connectivity index (χ0n) is 13.0. The zero-order chi connectivity index (χ0) is 14.7. The zero-order valence-corrected chi connectivity index (χ0v) is 13.0. The molecule has 0 radical (unpaired) electrons. The third-order valence-corrected chi connectivity index (χ3v) is 4.95. The molecule has 0 heterocycles. The standard InChI is InChI=1S/C18H27NO2/c1-2-19-16-9-5-8-15-14(16)7-6-10-17(15)21-13-18(20)11-3-4-12-18/h6-7,10,16,19-20H,2-5,8-9,11-13H2,1H3. The van der Waals surface area contributed by atoms with Gasteiger partial charge in [0.25, 0.3) is 0 Å². The van der Waals surface area contributed by atoms with E-state index in [4.69, 9.17) is 4.74 Å². The highest BCUT2D eigenvalue weighted by Gasteiger charge is 2.32. The van der Waals surface area contributed by atoms with Crippen LogP contribution in [0.25, 0.3) is 0 Å². The van der Waals surface area contributed by atoms with Crippen LogP contribution in [-0.4, -0.2) is 23.9 Å². The summed E-state index contributed by atoms with van der Waals surface area (Å²) in [4.78, 5) is 0. The summed E-state index contributed by atoms with van der Waals surface area (Å²) in [5, 5.41) is 14.0. The Bertz CT molecular complexity index is 480. The SMILES string of the molecule is CCNC1CCCc2c(OCC3(O)CCCC3)cccc21. The minimum absolute atomic E-state index is 0.440. The monoisotopic (exact) mass is 289 g/mol. The second-order valence-electron chi connectivity index (χ2n) is 6.55. The highest BCUT2D eigenvalue weighted by atomic mass is 16.5. The van der Waals surface area contributed by atoms with Crippen molar-refractivity contribution in [2.45, 2.75) is 63.5 Å². The maximum atomic E-state index is 10.5. The van der Waals surface area contributed by atoms with Crippen LogP contribution < -0.4 is 10.1 Å². The average Bonchev–Trinajstić information content (AvgIpc) is 2.93. The lowest BCUT2D eigenvalue weighted by Gasteiger charge is -2.29. The minimum Gasteiger partial charge on any atom is -0.490 e. The molecule has 1 unspecified atom stereocenters. The second-order valence-corrected chi connectivity index (χ2v) is 6.55. The number of hydrogen-bond donors (Lipinski definition) is 2. The molecule has 1 aromatic rings. The van der Waals surface area contributed by atoms with E-state index in [1.807, 2.05) is 0 Å². The van der Waals surface area contributed by atoms with Gasteiger partial charge in [0.15, 0.2) is 0 Å². The predicted octanol–water partition coefficient (Wildman–Crippen LogP) is 3.36. The molecule has 1 fully saturated rings. The highest BCUT2D eigenvalue weighted by Crippen LogP contribution is 2.36. The van der Waals surface area contributed by atoms with Crippen LogP contribution in [0.2, 0.25) is 0 Å². The van der Waals surface area contributed by atoms with Gasteiger partial charge in [0.1, 0.15) is 12.4 Å². The molecular weight excluding hydrogens is 262 g/mol. The van der Waals surface area contributed by atoms with E-state index in [0.717, 1.165) is 44.4 Å². The normalized spacial score (nSPS) is 23.8. The Morgan fingerprint density at radius 3 is 2.86 bits per heavy atom. The largest absolute Gasteiger partial charge is 0.490 e. The van der Waals surface area contributed by atoms with Crippen LogP contribution in [0.15, 0.2) is 18.2 Å². The quantitative estimate of drug-likeness (QED) is 0.873. The number of nitrogens with one attached hydrogen (secondary N) is 1. The van der Waals surface area contributed by atoms with Crippen LogP contribution in [0.1, 0.15) is 62.6 Å². The highest BCUT2D eigenvalue weighted by molar-refractivity contribution is 5.43. The van der Waals surface area contributed by atoms with Crippen LogP contribution in [0.3, 0.4) is 0 Å². The van der Waals surface area contributed by atoms with E-state index in [9.17, 15) is 5.11 Å². The summed E-state index contributed by atoms with van der Waals surface area (Å²) in [7, 11) is 0. The van der Waals surface area contributed by atoms with Crippen LogP contribution in [0, 0.1) is 0 Å². The third kappa shape index (κ3) is 3.24. The topological polar surface area (TPSA) is 41.5 Å². The Kier molecular flexibility index (Phi) is 4.51. The van der Waals surface area contributed by atoms with Crippen LogP contribution in [-0.2, 0) is 6.42 Å². The van der Waals surface area contributed by atoms with Crippen molar-refractivity contribution >= 4 is 0 Å². The third-order valence-electron chi connectivity index (χ3n) is 4.95. The molecule has 1 aromatic carbocycles. The van der Waals surface area contributed by atoms with Crippen LogP contribution in [0.5, 0.6) is 5.75 Å². The molecule has 0 amide bonds. The second kappa shape index (κ2) is 6.37. The molecule has 0 aliphatic heterocycles. The molecule has 21 heavy (non-hydrogen) atoms. The van der Waals surface area contributed by atoms with Gasteiger partial charge in [0.05, 0.1) is 5.60 Å². The van der Waals surface area contributed by atoms with Crippen molar-refractivity contribution in [2.75, 3.05) is 13.2 Å². The van der Waals surface area contributed by atoms with Crippen molar-refractivity contribution in [2.24, 2.45) is 0 Å². The fourth-order valence-corrected chi connectivity index (χ4v) is 3.80. The lowest BCUT2D eigenvalue weighted by Crippen LogP contribution is -2.32. The molecule has 0 aromatic heterocycles. The molecule has 0 bridgehead atoms. The van der Waals surface area contributed by atoms with Gasteiger partial charge < -0.3 is 15.2 Å². The van der Waals surface area contributed by atoms with Crippen molar-refractivity contribution < 1.29 is 9.84 Å². The molecule has 1 saturated carbocycles. The first-order chi connectivity index (χ1) is 10.2. The van der Waals surface area contributed by atoms with E-state index in [1.165, 1.54) is 24.0 Å². The van der Waals surface area contributed by atoms with Gasteiger partial charge in [-0.2, -0.15) is 0 Å². The first kappa shape index (κ1) is 14.9. The van der Waals surface area contributed by atoms with Gasteiger partial charge in [-0.25, -0.2) is 0 Å². The van der Waals surface area contributed by atoms with Gasteiger partial charge in [0, 0.05) is 6.04 Å². The number of ether oxygens (including phenoxy) is 1. The molecule has 3 rings (SSSR count). The smallest absolute Gasteiger partial charge is 0.122 e. The summed E-state index contributed by atoms with van der Waals surface area (Å²) in [6.45, 7) is 3.59. The molecule has 3 nitrogen and oxygen atoms in total. The van der Waals surface area contributed by atoms with E-state index >= 15 is 0 Å². The molecule has 2 aliphatic carbocycles. The van der Waals surface area contributed by atoms with Crippen molar-refractivity contribution in [3.8, 4) is 5.75 Å². The Morgan fingerprint density at radius 1 is 1.29 bits per heavy atom. The van der Waals surface area contributed by atoms with E-state index in [-0.39, 0.29) is 0 Å². The molecule has 0 spiro atoms. The van der Waals surface area contributed by atoms with Crippen LogP contribution in [0.4, 0.5) is 0 Å². The van der Waals surface area contributed by atoms with Gasteiger partial charge in [-0.15, -0.1) is 0 Å². The molecule has 0 saturated heterocycles. The summed E-state index contributed by atoms with van der Waals surface area (Å²) >= 11 is 0. The number of aliphatic hydroxyl groups is 1. The Hall–Kier alpha value is -1.06. The van der Waals surface area contributed by atoms with E-state index in [2.05, 4.69) is 30.4 Å². The van der Waals surface area contributed by atoms with E-state index in [1.54, 1.807) is 0 Å². The first-order valence-corrected chi connectivity index (χ1v) is 8.42. The van der Waals surface area contributed by atoms with Crippen molar-refractivity contribution in [1.29, 1.82) is 0 Å². The lowest BCUT2D eigenvalue weighted by molar-refractivity contribution is 0.00105. The average molecular weight is 289 g/mol. The van der Waals surface area contributed by atoms with Gasteiger partial charge >= 0.3 is 0 Å². The van der Waals surface area contributed by atoms with E-state index < -0.39 is 5.60 Å². The maximum absolute atomic E-state index is 10.5. The summed E-state index contributed by atoms with van der Waals surface area (Å²) in [5.41, 5.74) is 2.13. The lowest BCUT2D eigenvalue weighted by atomic mass is 9.87. The van der Waals surface area contributed by atoms with Gasteiger partial charge in [-0.3, -0.25) is 0 Å².